The second kappa shape index (κ2) is 6.93. The summed E-state index contributed by atoms with van der Waals surface area (Å²) in [6.45, 7) is 4.91. The molecule has 1 fully saturated rings. The third-order valence-electron chi connectivity index (χ3n) is 4.72. The molecule has 0 unspecified atom stereocenters. The quantitative estimate of drug-likeness (QED) is 0.872. The minimum absolute atomic E-state index is 0.148. The van der Waals surface area contributed by atoms with Gasteiger partial charge in [-0.05, 0) is 61.8 Å². The van der Waals surface area contributed by atoms with Gasteiger partial charge in [0, 0.05) is 23.8 Å². The first kappa shape index (κ1) is 17.0. The van der Waals surface area contributed by atoms with Gasteiger partial charge in [-0.3, -0.25) is 9.59 Å². The first-order chi connectivity index (χ1) is 11.5. The molecule has 5 heteroatoms. The van der Waals surface area contributed by atoms with E-state index in [0.717, 1.165) is 49.2 Å². The number of hydrogen-bond acceptors (Lipinski definition) is 3. The molecule has 24 heavy (non-hydrogen) atoms. The Morgan fingerprint density at radius 2 is 2.08 bits per heavy atom. The Balaban J connectivity index is 1.71. The highest BCUT2D eigenvalue weighted by Gasteiger charge is 2.35. The molecule has 0 saturated heterocycles. The van der Waals surface area contributed by atoms with Gasteiger partial charge in [0.05, 0.1) is 6.04 Å². The molecule has 5 nitrogen and oxygen atoms in total. The third-order valence-corrected chi connectivity index (χ3v) is 4.72. The van der Waals surface area contributed by atoms with Crippen molar-refractivity contribution in [2.75, 3.05) is 16.8 Å². The number of hydrogen-bond donors (Lipinski definition) is 2. The van der Waals surface area contributed by atoms with Gasteiger partial charge in [-0.1, -0.05) is 13.8 Å². The molecule has 1 aromatic carbocycles. The summed E-state index contributed by atoms with van der Waals surface area (Å²) in [5.41, 5.74) is 8.84. The van der Waals surface area contributed by atoms with Gasteiger partial charge < -0.3 is 16.0 Å². The normalized spacial score (nSPS) is 18.2. The smallest absolute Gasteiger partial charge is 0.241 e. The SMILES string of the molecule is CC(C)C[C@H](N)C(=O)Nc1ccc2c(c1)CCCN2C(=O)C1CC1. The van der Waals surface area contributed by atoms with Crippen LogP contribution in [0.3, 0.4) is 0 Å². The molecule has 1 atom stereocenters. The average molecular weight is 329 g/mol. The Kier molecular flexibility index (Phi) is 4.90. The van der Waals surface area contributed by atoms with Crippen LogP contribution in [-0.2, 0) is 16.0 Å². The highest BCUT2D eigenvalue weighted by molar-refractivity contribution is 5.98. The fourth-order valence-electron chi connectivity index (χ4n) is 3.30. The largest absolute Gasteiger partial charge is 0.325 e. The summed E-state index contributed by atoms with van der Waals surface area (Å²) in [5.74, 6) is 0.720. The van der Waals surface area contributed by atoms with Gasteiger partial charge in [-0.25, -0.2) is 0 Å². The predicted molar refractivity (Wildman–Crippen MR) is 95.9 cm³/mol. The van der Waals surface area contributed by atoms with Gasteiger partial charge in [-0.2, -0.15) is 0 Å². The van der Waals surface area contributed by atoms with Crippen LogP contribution in [-0.4, -0.2) is 24.4 Å². The highest BCUT2D eigenvalue weighted by atomic mass is 16.2. The Bertz CT molecular complexity index is 637. The fraction of sp³-hybridized carbons (Fsp3) is 0.579. The second-order valence-electron chi connectivity index (χ2n) is 7.44. The summed E-state index contributed by atoms with van der Waals surface area (Å²) in [7, 11) is 0. The molecule has 1 saturated carbocycles. The lowest BCUT2D eigenvalue weighted by Crippen LogP contribution is -2.37. The minimum atomic E-state index is -0.492. The summed E-state index contributed by atoms with van der Waals surface area (Å²) in [6.07, 6.45) is 4.61. The minimum Gasteiger partial charge on any atom is -0.325 e. The molecule has 0 bridgehead atoms. The summed E-state index contributed by atoms with van der Waals surface area (Å²) in [5, 5.41) is 2.91. The number of benzene rings is 1. The van der Waals surface area contributed by atoms with E-state index in [1.807, 2.05) is 23.1 Å². The van der Waals surface area contributed by atoms with Crippen LogP contribution in [0.15, 0.2) is 18.2 Å². The van der Waals surface area contributed by atoms with Gasteiger partial charge in [-0.15, -0.1) is 0 Å². The number of rotatable bonds is 5. The number of nitrogens with zero attached hydrogens (tertiary/aromatic N) is 1. The van der Waals surface area contributed by atoms with E-state index in [1.165, 1.54) is 0 Å². The zero-order valence-corrected chi connectivity index (χ0v) is 14.5. The number of carbonyl (C=O) groups is 2. The summed E-state index contributed by atoms with van der Waals surface area (Å²) < 4.78 is 0. The lowest BCUT2D eigenvalue weighted by atomic mass is 10.00. The average Bonchev–Trinajstić information content (AvgIpc) is 3.37. The van der Waals surface area contributed by atoms with Crippen LogP contribution in [0, 0.1) is 11.8 Å². The zero-order valence-electron chi connectivity index (χ0n) is 14.5. The van der Waals surface area contributed by atoms with E-state index in [2.05, 4.69) is 19.2 Å². The Labute approximate surface area is 143 Å². The Hall–Kier alpha value is -1.88. The molecule has 1 aromatic rings. The Morgan fingerprint density at radius 1 is 1.33 bits per heavy atom. The van der Waals surface area contributed by atoms with Crippen LogP contribution >= 0.6 is 0 Å². The second-order valence-corrected chi connectivity index (χ2v) is 7.44. The lowest BCUT2D eigenvalue weighted by Gasteiger charge is -2.30. The number of fused-ring (bicyclic) bond motifs is 1. The topological polar surface area (TPSA) is 75.4 Å². The standard InChI is InChI=1S/C19H27N3O2/c1-12(2)10-16(20)18(23)21-15-7-8-17-14(11-15)4-3-9-22(17)19(24)13-5-6-13/h7-8,11-13,16H,3-6,9-10,20H2,1-2H3,(H,21,23)/t16-/m0/s1. The van der Waals surface area contributed by atoms with E-state index in [4.69, 9.17) is 5.73 Å². The van der Waals surface area contributed by atoms with Gasteiger partial charge in [0.2, 0.25) is 11.8 Å². The van der Waals surface area contributed by atoms with Crippen molar-refractivity contribution >= 4 is 23.2 Å². The van der Waals surface area contributed by atoms with Crippen molar-refractivity contribution in [3.05, 3.63) is 23.8 Å². The number of amides is 2. The number of nitrogens with two attached hydrogens (primary N) is 1. The van der Waals surface area contributed by atoms with E-state index >= 15 is 0 Å². The maximum Gasteiger partial charge on any atom is 0.241 e. The van der Waals surface area contributed by atoms with E-state index < -0.39 is 6.04 Å². The van der Waals surface area contributed by atoms with Gasteiger partial charge >= 0.3 is 0 Å². The van der Waals surface area contributed by atoms with Crippen molar-refractivity contribution in [1.82, 2.24) is 0 Å². The van der Waals surface area contributed by atoms with Crippen LogP contribution in [0.2, 0.25) is 0 Å². The van der Waals surface area contributed by atoms with Crippen molar-refractivity contribution in [3.8, 4) is 0 Å². The molecule has 3 rings (SSSR count). The zero-order chi connectivity index (χ0) is 17.3. The van der Waals surface area contributed by atoms with Crippen LogP contribution in [0.4, 0.5) is 11.4 Å². The molecule has 0 spiro atoms. The maximum absolute atomic E-state index is 12.4. The first-order valence-electron chi connectivity index (χ1n) is 8.96. The van der Waals surface area contributed by atoms with Crippen LogP contribution < -0.4 is 16.0 Å². The molecular formula is C19H27N3O2. The van der Waals surface area contributed by atoms with Crippen molar-refractivity contribution in [2.45, 2.75) is 52.0 Å². The van der Waals surface area contributed by atoms with Crippen molar-refractivity contribution in [1.29, 1.82) is 0 Å². The lowest BCUT2D eigenvalue weighted by molar-refractivity contribution is -0.120. The molecule has 2 aliphatic rings. The van der Waals surface area contributed by atoms with Crippen LogP contribution in [0.25, 0.3) is 0 Å². The van der Waals surface area contributed by atoms with Gasteiger partial charge in [0.15, 0.2) is 0 Å². The summed E-state index contributed by atoms with van der Waals surface area (Å²) in [4.78, 5) is 26.5. The maximum atomic E-state index is 12.4. The number of aryl methyl sites for hydroxylation is 1. The monoisotopic (exact) mass is 329 g/mol. The number of carbonyl (C=O) groups excluding carboxylic acids is 2. The number of nitrogens with one attached hydrogen (secondary N) is 1. The van der Waals surface area contributed by atoms with E-state index in [9.17, 15) is 9.59 Å². The van der Waals surface area contributed by atoms with Crippen molar-refractivity contribution in [3.63, 3.8) is 0 Å². The molecule has 130 valence electrons. The van der Waals surface area contributed by atoms with Crippen LogP contribution in [0.5, 0.6) is 0 Å². The third kappa shape index (κ3) is 3.78. The van der Waals surface area contributed by atoms with E-state index in [-0.39, 0.29) is 17.7 Å². The molecule has 0 aromatic heterocycles. The molecule has 1 heterocycles. The van der Waals surface area contributed by atoms with Gasteiger partial charge in [0.25, 0.3) is 0 Å². The van der Waals surface area contributed by atoms with Crippen molar-refractivity contribution in [2.24, 2.45) is 17.6 Å². The molecule has 1 aliphatic heterocycles. The molecule has 0 radical (unpaired) electrons. The highest BCUT2D eigenvalue weighted by Crippen LogP contribution is 2.36. The summed E-state index contributed by atoms with van der Waals surface area (Å²) >= 11 is 0. The molecule has 2 amide bonds. The molecule has 1 aliphatic carbocycles. The van der Waals surface area contributed by atoms with E-state index in [1.54, 1.807) is 0 Å². The molecular weight excluding hydrogens is 302 g/mol. The number of anilines is 2. The Morgan fingerprint density at radius 3 is 2.75 bits per heavy atom. The summed E-state index contributed by atoms with van der Waals surface area (Å²) in [6, 6.07) is 5.33. The van der Waals surface area contributed by atoms with Crippen molar-refractivity contribution < 1.29 is 9.59 Å². The first-order valence-corrected chi connectivity index (χ1v) is 8.96. The van der Waals surface area contributed by atoms with Crippen LogP contribution in [0.1, 0.15) is 45.1 Å². The fourth-order valence-corrected chi connectivity index (χ4v) is 3.30. The molecule has 3 N–H and O–H groups in total. The van der Waals surface area contributed by atoms with E-state index in [0.29, 0.717) is 12.3 Å². The predicted octanol–water partition coefficient (Wildman–Crippen LogP) is 2.69. The van der Waals surface area contributed by atoms with Gasteiger partial charge in [0.1, 0.15) is 0 Å².